The van der Waals surface area contributed by atoms with Crippen LogP contribution in [0, 0.1) is 5.82 Å². The van der Waals surface area contributed by atoms with E-state index in [1.54, 1.807) is 12.1 Å². The normalized spacial score (nSPS) is 12.9. The predicted octanol–water partition coefficient (Wildman–Crippen LogP) is 2.86. The molecule has 0 fully saturated rings. The Morgan fingerprint density at radius 1 is 1.15 bits per heavy atom. The van der Waals surface area contributed by atoms with E-state index in [0.29, 0.717) is 19.5 Å². The third-order valence-electron chi connectivity index (χ3n) is 3.18. The molecule has 0 aliphatic carbocycles. The first-order valence-corrected chi connectivity index (χ1v) is 8.81. The van der Waals surface area contributed by atoms with Gasteiger partial charge in [-0.3, -0.25) is 4.90 Å². The lowest BCUT2D eigenvalue weighted by atomic mass is 10.0. The van der Waals surface area contributed by atoms with Gasteiger partial charge in [0.1, 0.15) is 15.7 Å². The van der Waals surface area contributed by atoms with E-state index in [2.05, 4.69) is 25.7 Å². The molecule has 0 spiro atoms. The SMILES string of the molecule is CC(C)(C)N(CCCS(C)(=O)=O)Cc1ccc(F)cc1. The van der Waals surface area contributed by atoms with Crippen LogP contribution in [0.15, 0.2) is 24.3 Å². The van der Waals surface area contributed by atoms with E-state index in [0.717, 1.165) is 5.56 Å². The summed E-state index contributed by atoms with van der Waals surface area (Å²) >= 11 is 0. The number of hydrogen-bond donors (Lipinski definition) is 0. The summed E-state index contributed by atoms with van der Waals surface area (Å²) < 4.78 is 35.3. The molecule has 0 amide bonds. The second kappa shape index (κ2) is 6.68. The largest absolute Gasteiger partial charge is 0.294 e. The van der Waals surface area contributed by atoms with E-state index >= 15 is 0 Å². The lowest BCUT2D eigenvalue weighted by Crippen LogP contribution is -2.41. The smallest absolute Gasteiger partial charge is 0.147 e. The number of rotatable bonds is 6. The second-order valence-electron chi connectivity index (χ2n) is 6.20. The molecule has 0 unspecified atom stereocenters. The van der Waals surface area contributed by atoms with Crippen molar-refractivity contribution in [1.29, 1.82) is 0 Å². The maximum Gasteiger partial charge on any atom is 0.147 e. The van der Waals surface area contributed by atoms with Gasteiger partial charge >= 0.3 is 0 Å². The van der Waals surface area contributed by atoms with Crippen LogP contribution in [0.4, 0.5) is 4.39 Å². The third kappa shape index (κ3) is 6.48. The fourth-order valence-corrected chi connectivity index (χ4v) is 2.63. The highest BCUT2D eigenvalue weighted by Gasteiger charge is 2.21. The highest BCUT2D eigenvalue weighted by atomic mass is 32.2. The van der Waals surface area contributed by atoms with Crippen LogP contribution in [-0.2, 0) is 16.4 Å². The monoisotopic (exact) mass is 301 g/mol. The summed E-state index contributed by atoms with van der Waals surface area (Å²) in [5.74, 6) is -0.0450. The van der Waals surface area contributed by atoms with E-state index in [1.165, 1.54) is 18.4 Å². The Bertz CT molecular complexity index is 518. The van der Waals surface area contributed by atoms with Crippen molar-refractivity contribution in [2.75, 3.05) is 18.6 Å². The molecule has 0 radical (unpaired) electrons. The number of hydrogen-bond acceptors (Lipinski definition) is 3. The third-order valence-corrected chi connectivity index (χ3v) is 4.21. The Hall–Kier alpha value is -0.940. The summed E-state index contributed by atoms with van der Waals surface area (Å²) in [7, 11) is -2.92. The van der Waals surface area contributed by atoms with Gasteiger partial charge in [-0.15, -0.1) is 0 Å². The van der Waals surface area contributed by atoms with Gasteiger partial charge in [0, 0.05) is 18.3 Å². The van der Waals surface area contributed by atoms with Crippen molar-refractivity contribution in [3.05, 3.63) is 35.6 Å². The van der Waals surface area contributed by atoms with Gasteiger partial charge < -0.3 is 0 Å². The molecule has 114 valence electrons. The van der Waals surface area contributed by atoms with Crippen LogP contribution < -0.4 is 0 Å². The van der Waals surface area contributed by atoms with Crippen molar-refractivity contribution in [2.45, 2.75) is 39.3 Å². The highest BCUT2D eigenvalue weighted by Crippen LogP contribution is 2.18. The van der Waals surface area contributed by atoms with Crippen LogP contribution in [0.2, 0.25) is 0 Å². The molecule has 1 aromatic rings. The van der Waals surface area contributed by atoms with Crippen molar-refractivity contribution in [2.24, 2.45) is 0 Å². The van der Waals surface area contributed by atoms with Crippen LogP contribution in [0.5, 0.6) is 0 Å². The first kappa shape index (κ1) is 17.1. The van der Waals surface area contributed by atoms with Gasteiger partial charge in [0.05, 0.1) is 5.75 Å². The number of sulfone groups is 1. The van der Waals surface area contributed by atoms with Crippen LogP contribution in [0.25, 0.3) is 0 Å². The molecule has 0 aromatic heterocycles. The van der Waals surface area contributed by atoms with E-state index in [1.807, 2.05) is 0 Å². The first-order valence-electron chi connectivity index (χ1n) is 6.75. The minimum absolute atomic E-state index is 0.0636. The molecule has 1 rings (SSSR count). The molecule has 0 aliphatic heterocycles. The van der Waals surface area contributed by atoms with Crippen molar-refractivity contribution in [1.82, 2.24) is 4.90 Å². The Morgan fingerprint density at radius 2 is 1.70 bits per heavy atom. The fraction of sp³-hybridized carbons (Fsp3) is 0.600. The zero-order valence-corrected chi connectivity index (χ0v) is 13.5. The molecule has 3 nitrogen and oxygen atoms in total. The van der Waals surface area contributed by atoms with Crippen molar-refractivity contribution in [3.8, 4) is 0 Å². The molecule has 0 N–H and O–H groups in total. The Kier molecular flexibility index (Phi) is 5.71. The maximum absolute atomic E-state index is 12.9. The van der Waals surface area contributed by atoms with Crippen LogP contribution in [0.3, 0.4) is 0 Å². The molecule has 0 heterocycles. The minimum atomic E-state index is -2.92. The van der Waals surface area contributed by atoms with Gasteiger partial charge in [0.25, 0.3) is 0 Å². The quantitative estimate of drug-likeness (QED) is 0.811. The van der Waals surface area contributed by atoms with Gasteiger partial charge in [-0.2, -0.15) is 0 Å². The summed E-state index contributed by atoms with van der Waals surface area (Å²) in [4.78, 5) is 2.21. The summed E-state index contributed by atoms with van der Waals surface area (Å²) in [6, 6.07) is 6.44. The summed E-state index contributed by atoms with van der Waals surface area (Å²) in [6.07, 6.45) is 1.87. The molecule has 0 atom stereocenters. The van der Waals surface area contributed by atoms with E-state index in [9.17, 15) is 12.8 Å². The molecule has 0 saturated carbocycles. The maximum atomic E-state index is 12.9. The van der Waals surface area contributed by atoms with Crippen molar-refractivity contribution in [3.63, 3.8) is 0 Å². The van der Waals surface area contributed by atoms with Gasteiger partial charge in [-0.1, -0.05) is 12.1 Å². The number of benzene rings is 1. The minimum Gasteiger partial charge on any atom is -0.294 e. The number of nitrogens with zero attached hydrogens (tertiary/aromatic N) is 1. The summed E-state index contributed by atoms with van der Waals surface area (Å²) in [5.41, 5.74) is 0.965. The van der Waals surface area contributed by atoms with Crippen LogP contribution in [0.1, 0.15) is 32.8 Å². The molecule has 0 aliphatic rings. The van der Waals surface area contributed by atoms with Gasteiger partial charge in [0.15, 0.2) is 0 Å². The average Bonchev–Trinajstić information content (AvgIpc) is 2.27. The topological polar surface area (TPSA) is 37.4 Å². The van der Waals surface area contributed by atoms with Gasteiger partial charge in [-0.05, 0) is 51.4 Å². The average molecular weight is 301 g/mol. The standard InChI is InChI=1S/C15H24FNO2S/c1-15(2,3)17(10-5-11-20(4,18)19)12-13-6-8-14(16)9-7-13/h6-9H,5,10-12H2,1-4H3. The Balaban J connectivity index is 2.68. The van der Waals surface area contributed by atoms with Gasteiger partial charge in [0.2, 0.25) is 0 Å². The predicted molar refractivity (Wildman–Crippen MR) is 80.9 cm³/mol. The lowest BCUT2D eigenvalue weighted by Gasteiger charge is -2.35. The van der Waals surface area contributed by atoms with Crippen LogP contribution >= 0.6 is 0 Å². The fourth-order valence-electron chi connectivity index (χ4n) is 1.98. The molecular formula is C15H24FNO2S. The molecule has 5 heteroatoms. The first-order chi connectivity index (χ1) is 9.08. The van der Waals surface area contributed by atoms with E-state index < -0.39 is 9.84 Å². The van der Waals surface area contributed by atoms with E-state index in [4.69, 9.17) is 0 Å². The van der Waals surface area contributed by atoms with Gasteiger partial charge in [-0.25, -0.2) is 12.8 Å². The Morgan fingerprint density at radius 3 is 2.15 bits per heavy atom. The summed E-state index contributed by atoms with van der Waals surface area (Å²) in [6.45, 7) is 7.67. The molecule has 0 saturated heterocycles. The Labute approximate surface area is 121 Å². The molecule has 1 aromatic carbocycles. The van der Waals surface area contributed by atoms with E-state index in [-0.39, 0.29) is 17.1 Å². The second-order valence-corrected chi connectivity index (χ2v) is 8.46. The zero-order chi connectivity index (χ0) is 15.4. The molecular weight excluding hydrogens is 277 g/mol. The zero-order valence-electron chi connectivity index (χ0n) is 12.7. The summed E-state index contributed by atoms with van der Waals surface area (Å²) in [5, 5.41) is 0. The van der Waals surface area contributed by atoms with Crippen molar-refractivity contribution < 1.29 is 12.8 Å². The highest BCUT2D eigenvalue weighted by molar-refractivity contribution is 7.90. The molecule has 20 heavy (non-hydrogen) atoms. The van der Waals surface area contributed by atoms with Crippen LogP contribution in [-0.4, -0.2) is 37.4 Å². The number of halogens is 1. The lowest BCUT2D eigenvalue weighted by molar-refractivity contribution is 0.128. The van der Waals surface area contributed by atoms with Crippen molar-refractivity contribution >= 4 is 9.84 Å². The molecule has 0 bridgehead atoms.